The SMILES string of the molecule is C[C@H](CC(C)(C)C)Nc1coc[n+]1C. The molecule has 0 bridgehead atoms. The van der Waals surface area contributed by atoms with E-state index in [1.807, 2.05) is 11.6 Å². The average Bonchev–Trinajstić information content (AvgIpc) is 2.32. The first kappa shape index (κ1) is 11.1. The van der Waals surface area contributed by atoms with Gasteiger partial charge >= 0.3 is 5.82 Å². The van der Waals surface area contributed by atoms with Gasteiger partial charge in [0, 0.05) is 0 Å². The molecule has 1 N–H and O–H groups in total. The van der Waals surface area contributed by atoms with Crippen LogP contribution in [0.1, 0.15) is 34.1 Å². The maximum absolute atomic E-state index is 5.08. The number of nitrogens with one attached hydrogen (secondary N) is 1. The molecule has 1 heterocycles. The molecule has 3 nitrogen and oxygen atoms in total. The third-order valence-electron chi connectivity index (χ3n) is 2.09. The van der Waals surface area contributed by atoms with Crippen molar-refractivity contribution in [2.45, 2.75) is 40.2 Å². The van der Waals surface area contributed by atoms with E-state index < -0.39 is 0 Å². The summed E-state index contributed by atoms with van der Waals surface area (Å²) in [5, 5.41) is 3.42. The fraction of sp³-hybridized carbons (Fsp3) is 0.727. The molecule has 0 aliphatic heterocycles. The van der Waals surface area contributed by atoms with Gasteiger partial charge in [-0.05, 0) is 18.8 Å². The molecule has 0 aromatic carbocycles. The molecule has 0 aliphatic carbocycles. The van der Waals surface area contributed by atoms with Gasteiger partial charge in [-0.25, -0.2) is 4.57 Å². The minimum absolute atomic E-state index is 0.356. The van der Waals surface area contributed by atoms with Crippen molar-refractivity contribution < 1.29 is 8.98 Å². The molecular formula is C11H21N2O+. The summed E-state index contributed by atoms with van der Waals surface area (Å²) in [4.78, 5) is 0. The van der Waals surface area contributed by atoms with Crippen LogP contribution in [0.15, 0.2) is 17.1 Å². The minimum atomic E-state index is 0.356. The molecule has 80 valence electrons. The number of oxazole rings is 1. The first-order chi connectivity index (χ1) is 6.38. The van der Waals surface area contributed by atoms with Crippen molar-refractivity contribution in [2.24, 2.45) is 12.5 Å². The van der Waals surface area contributed by atoms with Crippen molar-refractivity contribution >= 4 is 5.82 Å². The number of hydrogen-bond acceptors (Lipinski definition) is 2. The van der Waals surface area contributed by atoms with E-state index in [0.29, 0.717) is 11.5 Å². The third-order valence-corrected chi connectivity index (χ3v) is 2.09. The van der Waals surface area contributed by atoms with Gasteiger partial charge in [0.05, 0.1) is 13.1 Å². The molecule has 0 amide bonds. The number of anilines is 1. The average molecular weight is 197 g/mol. The van der Waals surface area contributed by atoms with E-state index in [1.54, 1.807) is 12.7 Å². The highest BCUT2D eigenvalue weighted by Gasteiger charge is 2.19. The van der Waals surface area contributed by atoms with E-state index in [9.17, 15) is 0 Å². The summed E-state index contributed by atoms with van der Waals surface area (Å²) in [6.45, 7) is 8.94. The summed E-state index contributed by atoms with van der Waals surface area (Å²) in [7, 11) is 1.97. The van der Waals surface area contributed by atoms with Crippen LogP contribution in [0, 0.1) is 5.41 Å². The van der Waals surface area contributed by atoms with E-state index in [2.05, 4.69) is 33.0 Å². The fourth-order valence-electron chi connectivity index (χ4n) is 1.68. The highest BCUT2D eigenvalue weighted by molar-refractivity contribution is 5.24. The number of nitrogens with zero attached hydrogens (tertiary/aromatic N) is 1. The van der Waals surface area contributed by atoms with Gasteiger partial charge in [-0.15, -0.1) is 0 Å². The molecule has 0 saturated carbocycles. The molecule has 0 unspecified atom stereocenters. The van der Waals surface area contributed by atoms with E-state index in [1.165, 1.54) is 0 Å². The van der Waals surface area contributed by atoms with Crippen molar-refractivity contribution in [3.8, 4) is 0 Å². The van der Waals surface area contributed by atoms with Gasteiger partial charge in [-0.3, -0.25) is 5.32 Å². The second-order valence-electron chi connectivity index (χ2n) is 5.17. The van der Waals surface area contributed by atoms with Gasteiger partial charge in [-0.1, -0.05) is 20.8 Å². The monoisotopic (exact) mass is 197 g/mol. The van der Waals surface area contributed by atoms with Crippen molar-refractivity contribution in [3.63, 3.8) is 0 Å². The lowest BCUT2D eigenvalue weighted by molar-refractivity contribution is -0.661. The zero-order valence-electron chi connectivity index (χ0n) is 9.79. The summed E-state index contributed by atoms with van der Waals surface area (Å²) in [5.41, 5.74) is 0.356. The van der Waals surface area contributed by atoms with Crippen LogP contribution in [0.2, 0.25) is 0 Å². The standard InChI is InChI=1S/C11H21N2O/c1-9(6-11(2,3)4)12-10-7-14-8-13(10)5/h7-9,12H,6H2,1-5H3/q+1/t9-/m1/s1. The summed E-state index contributed by atoms with van der Waals surface area (Å²) in [5.74, 6) is 1.03. The predicted molar refractivity (Wildman–Crippen MR) is 57.0 cm³/mol. The third kappa shape index (κ3) is 3.40. The molecule has 14 heavy (non-hydrogen) atoms. The van der Waals surface area contributed by atoms with Gasteiger partial charge in [0.1, 0.15) is 0 Å². The highest BCUT2D eigenvalue weighted by atomic mass is 16.3. The number of aryl methyl sites for hydroxylation is 1. The summed E-state index contributed by atoms with van der Waals surface area (Å²) >= 11 is 0. The fourth-order valence-corrected chi connectivity index (χ4v) is 1.68. The number of rotatable bonds is 3. The second kappa shape index (κ2) is 4.03. The molecule has 1 rings (SSSR count). The van der Waals surface area contributed by atoms with Crippen molar-refractivity contribution in [2.75, 3.05) is 5.32 Å². The molecule has 1 atom stereocenters. The van der Waals surface area contributed by atoms with Crippen molar-refractivity contribution in [1.82, 2.24) is 0 Å². The predicted octanol–water partition coefficient (Wildman–Crippen LogP) is 2.34. The van der Waals surface area contributed by atoms with Gasteiger partial charge in [0.2, 0.25) is 6.39 Å². The van der Waals surface area contributed by atoms with Gasteiger partial charge in [-0.2, -0.15) is 0 Å². The Kier molecular flexibility index (Phi) is 3.19. The normalized spacial score (nSPS) is 14.1. The highest BCUT2D eigenvalue weighted by Crippen LogP contribution is 2.21. The zero-order valence-corrected chi connectivity index (χ0v) is 9.79. The van der Waals surface area contributed by atoms with Crippen LogP contribution in [0.4, 0.5) is 5.82 Å². The van der Waals surface area contributed by atoms with Crippen molar-refractivity contribution in [1.29, 1.82) is 0 Å². The number of aromatic nitrogens is 1. The molecule has 0 spiro atoms. The lowest BCUT2D eigenvalue weighted by atomic mass is 9.89. The Hall–Kier alpha value is -0.990. The largest absolute Gasteiger partial charge is 0.428 e. The molecule has 1 aromatic rings. The molecule has 0 saturated heterocycles. The maximum Gasteiger partial charge on any atom is 0.312 e. The summed E-state index contributed by atoms with van der Waals surface area (Å²) < 4.78 is 7.02. The Labute approximate surface area is 86.1 Å². The van der Waals surface area contributed by atoms with E-state index >= 15 is 0 Å². The van der Waals surface area contributed by atoms with Gasteiger partial charge in [0.25, 0.3) is 0 Å². The van der Waals surface area contributed by atoms with E-state index in [-0.39, 0.29) is 0 Å². The Bertz CT molecular complexity index is 286. The van der Waals surface area contributed by atoms with E-state index in [0.717, 1.165) is 12.2 Å². The Morgan fingerprint density at radius 2 is 2.14 bits per heavy atom. The van der Waals surface area contributed by atoms with Crippen LogP contribution in [-0.4, -0.2) is 6.04 Å². The molecule has 0 aliphatic rings. The van der Waals surface area contributed by atoms with Crippen molar-refractivity contribution in [3.05, 3.63) is 12.7 Å². The topological polar surface area (TPSA) is 29.1 Å². The van der Waals surface area contributed by atoms with Crippen LogP contribution < -0.4 is 9.88 Å². The molecule has 3 heteroatoms. The molecule has 0 radical (unpaired) electrons. The lowest BCUT2D eigenvalue weighted by Gasteiger charge is -2.21. The lowest BCUT2D eigenvalue weighted by Crippen LogP contribution is -2.33. The smallest absolute Gasteiger partial charge is 0.312 e. The van der Waals surface area contributed by atoms with Crippen LogP contribution in [0.25, 0.3) is 0 Å². The Morgan fingerprint density at radius 3 is 2.57 bits per heavy atom. The van der Waals surface area contributed by atoms with Crippen LogP contribution in [-0.2, 0) is 7.05 Å². The van der Waals surface area contributed by atoms with Gasteiger partial charge < -0.3 is 4.42 Å². The molecule has 0 fully saturated rings. The maximum atomic E-state index is 5.08. The number of hydrogen-bond donors (Lipinski definition) is 1. The van der Waals surface area contributed by atoms with E-state index in [4.69, 9.17) is 4.42 Å². The molecule has 1 aromatic heterocycles. The Balaban J connectivity index is 2.50. The van der Waals surface area contributed by atoms with Crippen LogP contribution >= 0.6 is 0 Å². The zero-order chi connectivity index (χ0) is 10.8. The summed E-state index contributed by atoms with van der Waals surface area (Å²) in [6, 6.07) is 0.457. The molecular weight excluding hydrogens is 176 g/mol. The van der Waals surface area contributed by atoms with Crippen LogP contribution in [0.3, 0.4) is 0 Å². The van der Waals surface area contributed by atoms with Crippen LogP contribution in [0.5, 0.6) is 0 Å². The first-order valence-electron chi connectivity index (χ1n) is 5.07. The Morgan fingerprint density at radius 1 is 1.50 bits per heavy atom. The second-order valence-corrected chi connectivity index (χ2v) is 5.17. The first-order valence-corrected chi connectivity index (χ1v) is 5.07. The quantitative estimate of drug-likeness (QED) is 0.754. The van der Waals surface area contributed by atoms with Gasteiger partial charge in [0.15, 0.2) is 6.26 Å². The minimum Gasteiger partial charge on any atom is -0.428 e. The summed E-state index contributed by atoms with van der Waals surface area (Å²) in [6.07, 6.45) is 4.56.